The Morgan fingerprint density at radius 3 is 2.86 bits per heavy atom. The number of halogens is 1. The van der Waals surface area contributed by atoms with Crippen LogP contribution in [0.15, 0.2) is 35.5 Å². The van der Waals surface area contributed by atoms with E-state index in [1.165, 1.54) is 6.20 Å². The van der Waals surface area contributed by atoms with Crippen LogP contribution in [0.2, 0.25) is 5.02 Å². The maximum atomic E-state index is 12.3. The van der Waals surface area contributed by atoms with E-state index in [4.69, 9.17) is 11.6 Å². The molecule has 0 spiro atoms. The van der Waals surface area contributed by atoms with Gasteiger partial charge in [0.1, 0.15) is 0 Å². The molecule has 6 nitrogen and oxygen atoms in total. The van der Waals surface area contributed by atoms with Gasteiger partial charge in [-0.1, -0.05) is 30.7 Å². The Morgan fingerprint density at radius 1 is 1.33 bits per heavy atom. The summed E-state index contributed by atoms with van der Waals surface area (Å²) in [5.41, 5.74) is 1.40. The van der Waals surface area contributed by atoms with Crippen LogP contribution >= 0.6 is 11.6 Å². The van der Waals surface area contributed by atoms with Crippen LogP contribution in [0.3, 0.4) is 0 Å². The van der Waals surface area contributed by atoms with E-state index in [9.17, 15) is 8.42 Å². The molecule has 21 heavy (non-hydrogen) atoms. The standard InChI is InChI=1S/C13H17ClN4O2S/c1-2-15-8-11-9-16-18-13(11)21(19,20)17-7-10-4-3-5-12(14)6-10/h3-6,9,15,17H,2,7-8H2,1H3,(H,16,18). The normalized spacial score (nSPS) is 11.7. The van der Waals surface area contributed by atoms with Gasteiger partial charge in [0.05, 0.1) is 6.20 Å². The lowest BCUT2D eigenvalue weighted by Crippen LogP contribution is -2.25. The topological polar surface area (TPSA) is 86.9 Å². The SMILES string of the molecule is CCNCc1cn[nH]c1S(=O)(=O)NCc1cccc(Cl)c1. The summed E-state index contributed by atoms with van der Waals surface area (Å²) in [4.78, 5) is 0. The van der Waals surface area contributed by atoms with Crippen molar-refractivity contribution in [1.82, 2.24) is 20.2 Å². The maximum absolute atomic E-state index is 12.3. The first-order valence-corrected chi connectivity index (χ1v) is 8.36. The first-order chi connectivity index (χ1) is 10.0. The Kier molecular flexibility index (Phi) is 5.35. The Bertz CT molecular complexity index is 700. The molecule has 0 radical (unpaired) electrons. The fourth-order valence-electron chi connectivity index (χ4n) is 1.81. The highest BCUT2D eigenvalue weighted by atomic mass is 35.5. The summed E-state index contributed by atoms with van der Waals surface area (Å²) in [6.07, 6.45) is 1.51. The molecule has 0 saturated heterocycles. The molecule has 1 heterocycles. The predicted molar refractivity (Wildman–Crippen MR) is 81.4 cm³/mol. The van der Waals surface area contributed by atoms with Gasteiger partial charge in [-0.15, -0.1) is 0 Å². The number of sulfonamides is 1. The molecule has 0 aliphatic carbocycles. The third-order valence-corrected chi connectivity index (χ3v) is 4.52. The van der Waals surface area contributed by atoms with E-state index < -0.39 is 10.0 Å². The maximum Gasteiger partial charge on any atom is 0.258 e. The van der Waals surface area contributed by atoms with E-state index in [1.807, 2.05) is 6.92 Å². The second kappa shape index (κ2) is 7.04. The van der Waals surface area contributed by atoms with E-state index in [-0.39, 0.29) is 11.6 Å². The number of aromatic nitrogens is 2. The third kappa shape index (κ3) is 4.28. The lowest BCUT2D eigenvalue weighted by Gasteiger charge is -2.08. The van der Waals surface area contributed by atoms with Gasteiger partial charge in [-0.3, -0.25) is 5.10 Å². The number of aromatic amines is 1. The van der Waals surface area contributed by atoms with Crippen LogP contribution < -0.4 is 10.0 Å². The molecule has 1 aromatic heterocycles. The molecule has 1 aromatic carbocycles. The highest BCUT2D eigenvalue weighted by Gasteiger charge is 2.20. The smallest absolute Gasteiger partial charge is 0.258 e. The fraction of sp³-hybridized carbons (Fsp3) is 0.308. The highest BCUT2D eigenvalue weighted by Crippen LogP contribution is 2.14. The van der Waals surface area contributed by atoms with Gasteiger partial charge in [-0.05, 0) is 24.2 Å². The summed E-state index contributed by atoms with van der Waals surface area (Å²) in [6, 6.07) is 7.04. The molecule has 0 atom stereocenters. The van der Waals surface area contributed by atoms with Crippen LogP contribution in [0.4, 0.5) is 0 Å². The monoisotopic (exact) mass is 328 g/mol. The Hall–Kier alpha value is -1.41. The van der Waals surface area contributed by atoms with Gasteiger partial charge in [0.2, 0.25) is 0 Å². The van der Waals surface area contributed by atoms with E-state index in [1.54, 1.807) is 24.3 Å². The van der Waals surface area contributed by atoms with Crippen molar-refractivity contribution in [2.45, 2.75) is 25.0 Å². The van der Waals surface area contributed by atoms with E-state index >= 15 is 0 Å². The molecule has 3 N–H and O–H groups in total. The van der Waals surface area contributed by atoms with Crippen LogP contribution in [0, 0.1) is 0 Å². The van der Waals surface area contributed by atoms with Crippen molar-refractivity contribution in [3.05, 3.63) is 46.6 Å². The van der Waals surface area contributed by atoms with Crippen LogP contribution in [0.1, 0.15) is 18.1 Å². The number of hydrogen-bond donors (Lipinski definition) is 3. The van der Waals surface area contributed by atoms with E-state index in [0.29, 0.717) is 17.1 Å². The lowest BCUT2D eigenvalue weighted by molar-refractivity contribution is 0.574. The molecular weight excluding hydrogens is 312 g/mol. The Labute approximate surface area is 129 Å². The molecule has 0 aliphatic heterocycles. The zero-order valence-electron chi connectivity index (χ0n) is 11.6. The quantitative estimate of drug-likeness (QED) is 0.721. The summed E-state index contributed by atoms with van der Waals surface area (Å²) in [5.74, 6) is 0. The van der Waals surface area contributed by atoms with Gasteiger partial charge < -0.3 is 5.32 Å². The van der Waals surface area contributed by atoms with Crippen molar-refractivity contribution >= 4 is 21.6 Å². The largest absolute Gasteiger partial charge is 0.313 e. The van der Waals surface area contributed by atoms with Gasteiger partial charge in [-0.2, -0.15) is 5.10 Å². The number of nitrogens with one attached hydrogen (secondary N) is 3. The second-order valence-electron chi connectivity index (χ2n) is 4.46. The summed E-state index contributed by atoms with van der Waals surface area (Å²) in [6.45, 7) is 3.31. The minimum Gasteiger partial charge on any atom is -0.313 e. The highest BCUT2D eigenvalue weighted by molar-refractivity contribution is 7.89. The van der Waals surface area contributed by atoms with Crippen molar-refractivity contribution in [3.63, 3.8) is 0 Å². The molecule has 114 valence electrons. The van der Waals surface area contributed by atoms with E-state index in [2.05, 4.69) is 20.2 Å². The molecular formula is C13H17ClN4O2S. The number of H-pyrrole nitrogens is 1. The molecule has 0 saturated carbocycles. The zero-order valence-corrected chi connectivity index (χ0v) is 13.1. The number of rotatable bonds is 7. The zero-order chi connectivity index (χ0) is 15.3. The van der Waals surface area contributed by atoms with Crippen molar-refractivity contribution in [2.24, 2.45) is 0 Å². The van der Waals surface area contributed by atoms with Crippen LogP contribution in [-0.2, 0) is 23.1 Å². The average molecular weight is 329 g/mol. The van der Waals surface area contributed by atoms with Crippen molar-refractivity contribution in [2.75, 3.05) is 6.54 Å². The summed E-state index contributed by atoms with van der Waals surface area (Å²) in [7, 11) is -3.64. The van der Waals surface area contributed by atoms with Crippen LogP contribution in [0.5, 0.6) is 0 Å². The first kappa shape index (κ1) is 16.0. The Morgan fingerprint density at radius 2 is 2.14 bits per heavy atom. The summed E-state index contributed by atoms with van der Waals surface area (Å²) < 4.78 is 27.1. The van der Waals surface area contributed by atoms with Gasteiger partial charge >= 0.3 is 0 Å². The van der Waals surface area contributed by atoms with Crippen molar-refractivity contribution in [1.29, 1.82) is 0 Å². The van der Waals surface area contributed by atoms with Crippen molar-refractivity contribution in [3.8, 4) is 0 Å². The lowest BCUT2D eigenvalue weighted by atomic mass is 10.2. The number of hydrogen-bond acceptors (Lipinski definition) is 4. The molecule has 0 fully saturated rings. The second-order valence-corrected chi connectivity index (χ2v) is 6.60. The molecule has 0 amide bonds. The Balaban J connectivity index is 2.10. The van der Waals surface area contributed by atoms with Crippen LogP contribution in [0.25, 0.3) is 0 Å². The molecule has 0 bridgehead atoms. The van der Waals surface area contributed by atoms with Crippen molar-refractivity contribution < 1.29 is 8.42 Å². The minimum absolute atomic E-state index is 0.0884. The molecule has 8 heteroatoms. The van der Waals surface area contributed by atoms with Gasteiger partial charge in [0, 0.05) is 23.7 Å². The number of benzene rings is 1. The van der Waals surface area contributed by atoms with E-state index in [0.717, 1.165) is 12.1 Å². The molecule has 0 aliphatic rings. The van der Waals surface area contributed by atoms with Gasteiger partial charge in [-0.25, -0.2) is 13.1 Å². The minimum atomic E-state index is -3.64. The predicted octanol–water partition coefficient (Wildman–Crippen LogP) is 1.65. The molecule has 2 aromatic rings. The van der Waals surface area contributed by atoms with Gasteiger partial charge in [0.15, 0.2) is 5.03 Å². The molecule has 2 rings (SSSR count). The first-order valence-electron chi connectivity index (χ1n) is 6.50. The van der Waals surface area contributed by atoms with Crippen LogP contribution in [-0.4, -0.2) is 25.2 Å². The number of nitrogens with zero attached hydrogens (tertiary/aromatic N) is 1. The fourth-order valence-corrected chi connectivity index (χ4v) is 3.17. The molecule has 0 unspecified atom stereocenters. The third-order valence-electron chi connectivity index (χ3n) is 2.87. The summed E-state index contributed by atoms with van der Waals surface area (Å²) in [5, 5.41) is 10.1. The summed E-state index contributed by atoms with van der Waals surface area (Å²) >= 11 is 5.88. The van der Waals surface area contributed by atoms with Gasteiger partial charge in [0.25, 0.3) is 10.0 Å². The average Bonchev–Trinajstić information content (AvgIpc) is 2.92.